The van der Waals surface area contributed by atoms with E-state index in [4.69, 9.17) is 10.5 Å². The van der Waals surface area contributed by atoms with Crippen LogP contribution in [0.25, 0.3) is 0 Å². The molecule has 8 heteroatoms. The zero-order valence-electron chi connectivity index (χ0n) is 13.0. The van der Waals surface area contributed by atoms with Gasteiger partial charge in [0.2, 0.25) is 10.0 Å². The molecule has 0 saturated carbocycles. The fourth-order valence-electron chi connectivity index (χ4n) is 1.56. The molecule has 4 N–H and O–H groups in total. The van der Waals surface area contributed by atoms with Gasteiger partial charge in [-0.15, -0.1) is 0 Å². The highest BCUT2D eigenvalue weighted by Crippen LogP contribution is 2.12. The van der Waals surface area contributed by atoms with Crippen molar-refractivity contribution in [1.82, 2.24) is 10.0 Å². The van der Waals surface area contributed by atoms with Gasteiger partial charge in [0, 0.05) is 18.8 Å². The smallest absolute Gasteiger partial charge is 0.407 e. The van der Waals surface area contributed by atoms with E-state index in [2.05, 4.69) is 10.0 Å². The van der Waals surface area contributed by atoms with Gasteiger partial charge in [0.15, 0.2) is 0 Å². The SMILES string of the molecule is CC(C)(C)OC(=O)NCCCNS(=O)(=O)c1cccc(N)c1. The molecule has 124 valence electrons. The van der Waals surface area contributed by atoms with Gasteiger partial charge in [-0.1, -0.05) is 6.07 Å². The van der Waals surface area contributed by atoms with Gasteiger partial charge in [0.05, 0.1) is 4.90 Å². The molecule has 0 aromatic heterocycles. The maximum atomic E-state index is 12.0. The maximum absolute atomic E-state index is 12.0. The first-order valence-corrected chi connectivity index (χ1v) is 8.40. The monoisotopic (exact) mass is 329 g/mol. The molecule has 0 heterocycles. The van der Waals surface area contributed by atoms with E-state index in [1.807, 2.05) is 0 Å². The summed E-state index contributed by atoms with van der Waals surface area (Å²) in [5.74, 6) is 0. The Labute approximate surface area is 131 Å². The summed E-state index contributed by atoms with van der Waals surface area (Å²) < 4.78 is 31.5. The molecule has 0 bridgehead atoms. The second-order valence-corrected chi connectivity index (χ2v) is 7.52. The van der Waals surface area contributed by atoms with Crippen LogP contribution >= 0.6 is 0 Å². The molecule has 0 saturated heterocycles. The van der Waals surface area contributed by atoms with E-state index >= 15 is 0 Å². The van der Waals surface area contributed by atoms with E-state index in [-0.39, 0.29) is 11.4 Å². The topological polar surface area (TPSA) is 111 Å². The van der Waals surface area contributed by atoms with Crippen LogP contribution in [0.5, 0.6) is 0 Å². The lowest BCUT2D eigenvalue weighted by atomic mass is 10.2. The van der Waals surface area contributed by atoms with Crippen molar-refractivity contribution < 1.29 is 17.9 Å². The Morgan fingerprint density at radius 3 is 2.55 bits per heavy atom. The lowest BCUT2D eigenvalue weighted by molar-refractivity contribution is 0.0527. The first-order chi connectivity index (χ1) is 10.1. The van der Waals surface area contributed by atoms with Crippen LogP contribution in [0.1, 0.15) is 27.2 Å². The highest BCUT2D eigenvalue weighted by molar-refractivity contribution is 7.89. The number of alkyl carbamates (subject to hydrolysis) is 1. The minimum absolute atomic E-state index is 0.118. The number of nitrogens with one attached hydrogen (secondary N) is 2. The Balaban J connectivity index is 2.34. The van der Waals surface area contributed by atoms with Crippen molar-refractivity contribution in [1.29, 1.82) is 0 Å². The molecular formula is C14H23N3O4S. The van der Waals surface area contributed by atoms with Crippen molar-refractivity contribution >= 4 is 21.8 Å². The van der Waals surface area contributed by atoms with Gasteiger partial charge >= 0.3 is 6.09 Å². The van der Waals surface area contributed by atoms with Crippen molar-refractivity contribution in [2.45, 2.75) is 37.7 Å². The number of sulfonamides is 1. The molecule has 0 atom stereocenters. The van der Waals surface area contributed by atoms with Crippen molar-refractivity contribution in [2.75, 3.05) is 18.8 Å². The van der Waals surface area contributed by atoms with Gasteiger partial charge in [0.1, 0.15) is 5.60 Å². The number of nitrogen functional groups attached to an aromatic ring is 1. The zero-order chi connectivity index (χ0) is 16.8. The Kier molecular flexibility index (Phi) is 6.19. The van der Waals surface area contributed by atoms with Gasteiger partial charge < -0.3 is 15.8 Å². The van der Waals surface area contributed by atoms with E-state index in [1.165, 1.54) is 12.1 Å². The third-order valence-electron chi connectivity index (χ3n) is 2.48. The summed E-state index contributed by atoms with van der Waals surface area (Å²) >= 11 is 0. The van der Waals surface area contributed by atoms with Crippen LogP contribution < -0.4 is 15.8 Å². The summed E-state index contributed by atoms with van der Waals surface area (Å²) in [7, 11) is -3.59. The van der Waals surface area contributed by atoms with Crippen LogP contribution in [0, 0.1) is 0 Å². The molecule has 1 rings (SSSR count). The fourth-order valence-corrected chi connectivity index (χ4v) is 2.69. The molecule has 0 aliphatic rings. The average molecular weight is 329 g/mol. The molecule has 1 aromatic rings. The van der Waals surface area contributed by atoms with E-state index in [1.54, 1.807) is 32.9 Å². The van der Waals surface area contributed by atoms with Crippen molar-refractivity contribution in [3.8, 4) is 0 Å². The summed E-state index contributed by atoms with van der Waals surface area (Å²) in [6.07, 6.45) is -0.0768. The number of nitrogens with two attached hydrogens (primary N) is 1. The lowest BCUT2D eigenvalue weighted by Gasteiger charge is -2.19. The van der Waals surface area contributed by atoms with E-state index < -0.39 is 21.7 Å². The average Bonchev–Trinajstić information content (AvgIpc) is 2.36. The summed E-state index contributed by atoms with van der Waals surface area (Å²) in [6, 6.07) is 6.05. The Morgan fingerprint density at radius 2 is 1.95 bits per heavy atom. The first kappa shape index (κ1) is 18.2. The molecule has 7 nitrogen and oxygen atoms in total. The normalized spacial score (nSPS) is 12.0. The van der Waals surface area contributed by atoms with Crippen molar-refractivity contribution in [3.63, 3.8) is 0 Å². The third kappa shape index (κ3) is 6.77. The third-order valence-corrected chi connectivity index (χ3v) is 3.94. The summed E-state index contributed by atoms with van der Waals surface area (Å²) in [5.41, 5.74) is 5.39. The molecule has 22 heavy (non-hydrogen) atoms. The summed E-state index contributed by atoms with van der Waals surface area (Å²) in [4.78, 5) is 11.5. The number of benzene rings is 1. The number of hydrogen-bond acceptors (Lipinski definition) is 5. The van der Waals surface area contributed by atoms with Crippen LogP contribution in [-0.2, 0) is 14.8 Å². The molecule has 0 fully saturated rings. The van der Waals surface area contributed by atoms with E-state index in [0.29, 0.717) is 18.7 Å². The Hall–Kier alpha value is -1.80. The summed E-state index contributed by atoms with van der Waals surface area (Å²) in [5, 5.41) is 2.56. The second kappa shape index (κ2) is 7.46. The number of anilines is 1. The van der Waals surface area contributed by atoms with Crippen molar-refractivity contribution in [2.24, 2.45) is 0 Å². The number of carbonyl (C=O) groups is 1. The predicted octanol–water partition coefficient (Wildman–Crippen LogP) is 1.46. The Morgan fingerprint density at radius 1 is 1.27 bits per heavy atom. The van der Waals surface area contributed by atoms with E-state index in [0.717, 1.165) is 0 Å². The van der Waals surface area contributed by atoms with Gasteiger partial charge in [-0.05, 0) is 45.4 Å². The molecule has 1 aromatic carbocycles. The number of carbonyl (C=O) groups excluding carboxylic acids is 1. The fraction of sp³-hybridized carbons (Fsp3) is 0.500. The number of amides is 1. The lowest BCUT2D eigenvalue weighted by Crippen LogP contribution is -2.34. The Bertz CT molecular complexity index is 609. The van der Waals surface area contributed by atoms with Gasteiger partial charge in [-0.2, -0.15) is 0 Å². The quantitative estimate of drug-likeness (QED) is 0.540. The molecule has 0 radical (unpaired) electrons. The largest absolute Gasteiger partial charge is 0.444 e. The molecule has 0 unspecified atom stereocenters. The van der Waals surface area contributed by atoms with Crippen LogP contribution in [0.2, 0.25) is 0 Å². The van der Waals surface area contributed by atoms with Gasteiger partial charge in [-0.3, -0.25) is 0 Å². The molecule has 0 aliphatic heterocycles. The minimum Gasteiger partial charge on any atom is -0.444 e. The molecule has 0 spiro atoms. The minimum atomic E-state index is -3.59. The molecule has 0 aliphatic carbocycles. The van der Waals surface area contributed by atoms with Crippen LogP contribution in [-0.4, -0.2) is 33.2 Å². The van der Waals surface area contributed by atoms with Crippen molar-refractivity contribution in [3.05, 3.63) is 24.3 Å². The standard InChI is InChI=1S/C14H23N3O4S/c1-14(2,3)21-13(18)16-8-5-9-17-22(19,20)12-7-4-6-11(15)10-12/h4,6-7,10,17H,5,8-9,15H2,1-3H3,(H,16,18). The highest BCUT2D eigenvalue weighted by atomic mass is 32.2. The summed E-state index contributed by atoms with van der Waals surface area (Å²) in [6.45, 7) is 5.83. The number of ether oxygens (including phenoxy) is 1. The maximum Gasteiger partial charge on any atom is 0.407 e. The van der Waals surface area contributed by atoms with Crippen LogP contribution in [0.15, 0.2) is 29.2 Å². The van der Waals surface area contributed by atoms with Gasteiger partial charge in [0.25, 0.3) is 0 Å². The van der Waals surface area contributed by atoms with Crippen LogP contribution in [0.4, 0.5) is 10.5 Å². The number of rotatable bonds is 6. The highest BCUT2D eigenvalue weighted by Gasteiger charge is 2.16. The van der Waals surface area contributed by atoms with Crippen LogP contribution in [0.3, 0.4) is 0 Å². The predicted molar refractivity (Wildman–Crippen MR) is 84.9 cm³/mol. The number of hydrogen-bond donors (Lipinski definition) is 3. The second-order valence-electron chi connectivity index (χ2n) is 5.75. The molecular weight excluding hydrogens is 306 g/mol. The zero-order valence-corrected chi connectivity index (χ0v) is 13.9. The van der Waals surface area contributed by atoms with E-state index in [9.17, 15) is 13.2 Å². The molecule has 1 amide bonds. The van der Waals surface area contributed by atoms with Gasteiger partial charge in [-0.25, -0.2) is 17.9 Å². The first-order valence-electron chi connectivity index (χ1n) is 6.92.